The zero-order chi connectivity index (χ0) is 32.1. The van der Waals surface area contributed by atoms with Crippen LogP contribution in [0.25, 0.3) is 93.2 Å². The Bertz CT molecular complexity index is 2950. The van der Waals surface area contributed by atoms with Gasteiger partial charge in [0.15, 0.2) is 0 Å². The van der Waals surface area contributed by atoms with Crippen LogP contribution in [0.5, 0.6) is 0 Å². The number of aromatic nitrogens is 3. The van der Waals surface area contributed by atoms with Gasteiger partial charge >= 0.3 is 0 Å². The molecule has 0 amide bonds. The molecule has 4 heterocycles. The summed E-state index contributed by atoms with van der Waals surface area (Å²) < 4.78 is 6.15. The van der Waals surface area contributed by atoms with E-state index in [0.717, 1.165) is 35.1 Å². The SMILES string of the molecule is C1=Cc2sc3c(-c4ccc5ncc(-n6c7ccccc7c7cc(-n8c9ccccc9c9ccccc98)ccc76)cc5c4)cccc3c2CC1. The third-order valence-electron chi connectivity index (χ3n) is 10.4. The predicted octanol–water partition coefficient (Wildman–Crippen LogP) is 12.3. The Balaban J connectivity index is 1.10. The quantitative estimate of drug-likeness (QED) is 0.188. The third kappa shape index (κ3) is 3.92. The lowest BCUT2D eigenvalue weighted by Crippen LogP contribution is -1.96. The average Bonchev–Trinajstić information content (AvgIpc) is 3.82. The highest BCUT2D eigenvalue weighted by Gasteiger charge is 2.18. The molecule has 0 fully saturated rings. The first kappa shape index (κ1) is 27.0. The Morgan fingerprint density at radius 1 is 0.551 bits per heavy atom. The molecule has 0 saturated carbocycles. The number of benzene rings is 6. The lowest BCUT2D eigenvalue weighted by Gasteiger charge is -2.11. The second-order valence-electron chi connectivity index (χ2n) is 13.1. The molecule has 0 atom stereocenters. The maximum atomic E-state index is 5.00. The highest BCUT2D eigenvalue weighted by molar-refractivity contribution is 7.20. The number of fused-ring (bicyclic) bond motifs is 10. The molecule has 0 radical (unpaired) electrons. The maximum absolute atomic E-state index is 5.00. The van der Waals surface area contributed by atoms with E-state index in [1.807, 2.05) is 17.5 Å². The zero-order valence-corrected chi connectivity index (χ0v) is 27.4. The van der Waals surface area contributed by atoms with E-state index in [9.17, 15) is 0 Å². The predicted molar refractivity (Wildman–Crippen MR) is 209 cm³/mol. The summed E-state index contributed by atoms with van der Waals surface area (Å²) in [5.41, 5.74) is 12.0. The van der Waals surface area contributed by atoms with Gasteiger partial charge in [0.05, 0.1) is 39.5 Å². The minimum absolute atomic E-state index is 1.00. The molecule has 0 bridgehead atoms. The molecule has 4 aromatic heterocycles. The summed E-state index contributed by atoms with van der Waals surface area (Å²) in [6, 6.07) is 48.9. The van der Waals surface area contributed by atoms with Crippen molar-refractivity contribution in [3.63, 3.8) is 0 Å². The molecule has 0 saturated heterocycles. The van der Waals surface area contributed by atoms with Crippen molar-refractivity contribution in [2.75, 3.05) is 0 Å². The number of aryl methyl sites for hydroxylation is 1. The molecule has 1 aliphatic carbocycles. The Morgan fingerprint density at radius 2 is 1.22 bits per heavy atom. The first-order chi connectivity index (χ1) is 24.3. The van der Waals surface area contributed by atoms with Gasteiger partial charge in [0, 0.05) is 42.2 Å². The number of allylic oxidation sites excluding steroid dienone is 1. The number of thiophene rings is 1. The highest BCUT2D eigenvalue weighted by Crippen LogP contribution is 2.42. The van der Waals surface area contributed by atoms with Gasteiger partial charge in [0.25, 0.3) is 0 Å². The monoisotopic (exact) mass is 643 g/mol. The minimum atomic E-state index is 1.00. The van der Waals surface area contributed by atoms with E-state index in [4.69, 9.17) is 4.98 Å². The van der Waals surface area contributed by atoms with Crippen LogP contribution in [-0.2, 0) is 6.42 Å². The number of pyridine rings is 1. The van der Waals surface area contributed by atoms with Crippen LogP contribution in [0.1, 0.15) is 16.9 Å². The molecule has 0 aliphatic heterocycles. The minimum Gasteiger partial charge on any atom is -0.309 e. The van der Waals surface area contributed by atoms with Crippen molar-refractivity contribution in [3.8, 4) is 22.5 Å². The summed E-state index contributed by atoms with van der Waals surface area (Å²) in [6.45, 7) is 0. The number of hydrogen-bond donors (Lipinski definition) is 0. The molecule has 3 nitrogen and oxygen atoms in total. The van der Waals surface area contributed by atoms with Crippen LogP contribution in [0.3, 0.4) is 0 Å². The van der Waals surface area contributed by atoms with Crippen LogP contribution in [0.4, 0.5) is 0 Å². The topological polar surface area (TPSA) is 22.8 Å². The van der Waals surface area contributed by atoms with Crippen molar-refractivity contribution in [2.45, 2.75) is 12.8 Å². The van der Waals surface area contributed by atoms with E-state index in [-0.39, 0.29) is 0 Å². The van der Waals surface area contributed by atoms with Crippen molar-refractivity contribution < 1.29 is 0 Å². The van der Waals surface area contributed by atoms with Crippen LogP contribution < -0.4 is 0 Å². The molecule has 49 heavy (non-hydrogen) atoms. The van der Waals surface area contributed by atoms with E-state index < -0.39 is 0 Å². The second-order valence-corrected chi connectivity index (χ2v) is 14.1. The molecule has 6 aromatic carbocycles. The Morgan fingerprint density at radius 3 is 2.00 bits per heavy atom. The van der Waals surface area contributed by atoms with Gasteiger partial charge < -0.3 is 9.13 Å². The molecule has 0 unspecified atom stereocenters. The number of rotatable bonds is 3. The van der Waals surface area contributed by atoms with Crippen molar-refractivity contribution in [2.24, 2.45) is 0 Å². The molecule has 0 spiro atoms. The van der Waals surface area contributed by atoms with Crippen LogP contribution in [-0.4, -0.2) is 14.1 Å². The Kier molecular flexibility index (Phi) is 5.66. The van der Waals surface area contributed by atoms with Crippen LogP contribution in [0, 0.1) is 0 Å². The number of hydrogen-bond acceptors (Lipinski definition) is 2. The largest absolute Gasteiger partial charge is 0.309 e. The Labute approximate surface area is 286 Å². The van der Waals surface area contributed by atoms with Gasteiger partial charge in [-0.3, -0.25) is 4.98 Å². The van der Waals surface area contributed by atoms with Crippen molar-refractivity contribution >= 4 is 82.0 Å². The van der Waals surface area contributed by atoms with Crippen LogP contribution >= 0.6 is 11.3 Å². The standard InChI is InChI=1S/C45H29N3S/c1-5-16-40-33(10-1)34-11-2-6-17-41(34)47(40)30-21-23-43-38(26-30)35-12-3-7-18-42(35)48(43)31-25-29-24-28(20-22-39(29)46-27-31)32-14-9-15-37-36-13-4-8-19-44(36)49-45(32)37/h1-3,5-12,14-27H,4,13H2. The van der Waals surface area contributed by atoms with E-state index in [2.05, 4.69) is 155 Å². The summed E-state index contributed by atoms with van der Waals surface area (Å²) in [5.74, 6) is 0. The molecular weight excluding hydrogens is 615 g/mol. The summed E-state index contributed by atoms with van der Waals surface area (Å²) in [5, 5.41) is 7.55. The molecule has 11 rings (SSSR count). The van der Waals surface area contributed by atoms with E-state index in [1.54, 1.807) is 0 Å². The van der Waals surface area contributed by atoms with Crippen LogP contribution in [0.2, 0.25) is 0 Å². The fraction of sp³-hybridized carbons (Fsp3) is 0.0444. The molecule has 4 heteroatoms. The van der Waals surface area contributed by atoms with Gasteiger partial charge in [-0.15, -0.1) is 11.3 Å². The third-order valence-corrected chi connectivity index (χ3v) is 11.7. The van der Waals surface area contributed by atoms with E-state index in [1.165, 1.54) is 75.3 Å². The maximum Gasteiger partial charge on any atom is 0.0704 e. The summed E-state index contributed by atoms with van der Waals surface area (Å²) in [7, 11) is 0. The highest BCUT2D eigenvalue weighted by atomic mass is 32.1. The van der Waals surface area contributed by atoms with Gasteiger partial charge in [0.2, 0.25) is 0 Å². The first-order valence-corrected chi connectivity index (χ1v) is 17.8. The van der Waals surface area contributed by atoms with Crippen molar-refractivity contribution in [1.29, 1.82) is 0 Å². The zero-order valence-electron chi connectivity index (χ0n) is 26.6. The van der Waals surface area contributed by atoms with Crippen molar-refractivity contribution in [3.05, 3.63) is 156 Å². The van der Waals surface area contributed by atoms with Crippen molar-refractivity contribution in [1.82, 2.24) is 14.1 Å². The van der Waals surface area contributed by atoms with Gasteiger partial charge in [-0.25, -0.2) is 0 Å². The fourth-order valence-electron chi connectivity index (χ4n) is 8.22. The molecule has 1 aliphatic rings. The van der Waals surface area contributed by atoms with Crippen LogP contribution in [0.15, 0.2) is 146 Å². The van der Waals surface area contributed by atoms with E-state index in [0.29, 0.717) is 0 Å². The molecular formula is C45H29N3S. The lowest BCUT2D eigenvalue weighted by atomic mass is 9.97. The summed E-state index contributed by atoms with van der Waals surface area (Å²) in [4.78, 5) is 6.40. The van der Waals surface area contributed by atoms with Gasteiger partial charge in [-0.05, 0) is 95.6 Å². The Hall–Kier alpha value is -5.97. The van der Waals surface area contributed by atoms with Gasteiger partial charge in [-0.2, -0.15) is 0 Å². The molecule has 10 aromatic rings. The lowest BCUT2D eigenvalue weighted by molar-refractivity contribution is 1.01. The summed E-state index contributed by atoms with van der Waals surface area (Å²) in [6.07, 6.45) is 8.88. The fourth-order valence-corrected chi connectivity index (χ4v) is 9.53. The van der Waals surface area contributed by atoms with Gasteiger partial charge in [-0.1, -0.05) is 84.9 Å². The van der Waals surface area contributed by atoms with E-state index >= 15 is 0 Å². The van der Waals surface area contributed by atoms with Gasteiger partial charge in [0.1, 0.15) is 0 Å². The summed E-state index contributed by atoms with van der Waals surface area (Å²) >= 11 is 1.92. The molecule has 230 valence electrons. The smallest absolute Gasteiger partial charge is 0.0704 e. The second kappa shape index (κ2) is 10.3. The number of para-hydroxylation sites is 3. The molecule has 0 N–H and O–H groups in total. The normalized spacial score (nSPS) is 13.1. The average molecular weight is 644 g/mol. The number of nitrogens with zero attached hydrogens (tertiary/aromatic N) is 3. The first-order valence-electron chi connectivity index (χ1n) is 16.9.